The number of aliphatic imine (C=N–C) groups is 1. The first-order chi connectivity index (χ1) is 26.2. The normalized spacial score (nSPS) is 27.4. The Morgan fingerprint density at radius 3 is 2.56 bits per heavy atom. The van der Waals surface area contributed by atoms with Gasteiger partial charge in [-0.2, -0.15) is 0 Å². The summed E-state index contributed by atoms with van der Waals surface area (Å²) in [5.41, 5.74) is 1.18. The fourth-order valence-corrected chi connectivity index (χ4v) is 9.32. The molecule has 0 unspecified atom stereocenters. The van der Waals surface area contributed by atoms with Gasteiger partial charge in [-0.05, 0) is 76.8 Å². The maximum atomic E-state index is 14.7. The summed E-state index contributed by atoms with van der Waals surface area (Å²) in [6, 6.07) is 6.33. The lowest BCUT2D eigenvalue weighted by atomic mass is 10.0. The number of nitrogens with zero attached hydrogens (tertiary/aromatic N) is 4. The molecule has 2 N–H and O–H groups in total. The highest BCUT2D eigenvalue weighted by molar-refractivity contribution is 7.14. The van der Waals surface area contributed by atoms with Crippen molar-refractivity contribution >= 4 is 51.2 Å². The SMILES string of the molecule is COc1ccc2c(O[C@@H]3C[C@H]4C5=N[C@@]6(C[C@H]6CCCCCCC[C@H](NC(=O)OC6CCCC6)C(=O)N4C3)C(=O)O5)cc(-c3csc(NC(C)C)n3)nc2c1. The van der Waals surface area contributed by atoms with Crippen LogP contribution in [-0.2, 0) is 19.1 Å². The van der Waals surface area contributed by atoms with Crippen LogP contribution >= 0.6 is 11.3 Å². The number of carbonyl (C=O) groups excluding carboxylic acids is 3. The largest absolute Gasteiger partial charge is 0.497 e. The second-order valence-electron chi connectivity index (χ2n) is 15.7. The maximum absolute atomic E-state index is 14.7. The molecule has 2 saturated carbocycles. The zero-order valence-electron chi connectivity index (χ0n) is 31.3. The van der Waals surface area contributed by atoms with Crippen molar-refractivity contribution < 1.29 is 33.3 Å². The van der Waals surface area contributed by atoms with Crippen molar-refractivity contribution in [3.8, 4) is 22.9 Å². The summed E-state index contributed by atoms with van der Waals surface area (Å²) in [6.07, 6.45) is 9.85. The number of carbonyl (C=O) groups is 3. The van der Waals surface area contributed by atoms with Crippen molar-refractivity contribution in [2.45, 2.75) is 133 Å². The highest BCUT2D eigenvalue weighted by Crippen LogP contribution is 2.54. The number of esters is 1. The standard InChI is InChI=1S/C40H50N6O7S/c1-23(2)41-38-43-32(22-54-38)31-19-34(28-16-15-26(50-3)17-30(28)42-31)51-27-18-33-35-45-40(37(48)53-35)20-24(40)11-7-5-4-6-8-14-29(36(47)46(33)21-27)44-39(49)52-25-12-9-10-13-25/h15-17,19,22-25,27,29,33H,4-14,18,20-21H2,1-3H3,(H,41,43)(H,44,49)/t24-,27-,29+,33+,40-/m1/s1. The van der Waals surface area contributed by atoms with Crippen LogP contribution in [0.5, 0.6) is 11.5 Å². The van der Waals surface area contributed by atoms with Gasteiger partial charge in [-0.25, -0.2) is 24.5 Å². The fraction of sp³-hybridized carbons (Fsp3) is 0.600. The first-order valence-corrected chi connectivity index (χ1v) is 20.5. The Bertz CT molecular complexity index is 1930. The molecule has 2 aromatic heterocycles. The number of pyridine rings is 1. The number of aromatic nitrogens is 2. The van der Waals surface area contributed by atoms with Gasteiger partial charge in [-0.15, -0.1) is 11.3 Å². The Morgan fingerprint density at radius 1 is 0.981 bits per heavy atom. The molecule has 2 amide bonds. The number of hydrogen-bond donors (Lipinski definition) is 2. The number of amides is 2. The second kappa shape index (κ2) is 15.3. The van der Waals surface area contributed by atoms with E-state index in [0.717, 1.165) is 74.7 Å². The summed E-state index contributed by atoms with van der Waals surface area (Å²) in [6.45, 7) is 4.34. The number of ether oxygens (including phenoxy) is 4. The van der Waals surface area contributed by atoms with E-state index in [-0.39, 0.29) is 42.4 Å². The molecule has 1 saturated heterocycles. The molecule has 5 atom stereocenters. The minimum Gasteiger partial charge on any atom is -0.497 e. The number of benzene rings is 1. The van der Waals surface area contributed by atoms with Gasteiger partial charge >= 0.3 is 12.1 Å². The summed E-state index contributed by atoms with van der Waals surface area (Å²) < 4.78 is 24.1. The molecule has 3 aliphatic heterocycles. The van der Waals surface area contributed by atoms with Crippen LogP contribution < -0.4 is 20.1 Å². The summed E-state index contributed by atoms with van der Waals surface area (Å²) in [5, 5.41) is 9.84. The number of alkyl carbamates (subject to hydrolysis) is 1. The van der Waals surface area contributed by atoms with Crippen LogP contribution in [0.3, 0.4) is 0 Å². The van der Waals surface area contributed by atoms with E-state index in [2.05, 4.69) is 24.5 Å². The van der Waals surface area contributed by atoms with Crippen LogP contribution in [0.1, 0.15) is 97.3 Å². The van der Waals surface area contributed by atoms with Gasteiger partial charge in [0.05, 0.1) is 24.9 Å². The van der Waals surface area contributed by atoms with E-state index >= 15 is 0 Å². The predicted octanol–water partition coefficient (Wildman–Crippen LogP) is 7.03. The number of anilines is 1. The maximum Gasteiger partial charge on any atom is 0.408 e. The number of thiazole rings is 1. The quantitative estimate of drug-likeness (QED) is 0.229. The van der Waals surface area contributed by atoms with Crippen molar-refractivity contribution in [2.75, 3.05) is 19.0 Å². The average Bonchev–Trinajstić information content (AvgIpc) is 3.69. The molecule has 2 aliphatic carbocycles. The number of rotatable bonds is 8. The van der Waals surface area contributed by atoms with Crippen LogP contribution in [0.25, 0.3) is 22.3 Å². The summed E-state index contributed by atoms with van der Waals surface area (Å²) >= 11 is 1.51. The monoisotopic (exact) mass is 758 g/mol. The number of hydrogen-bond acceptors (Lipinski definition) is 12. The van der Waals surface area contributed by atoms with Gasteiger partial charge in [0.2, 0.25) is 11.8 Å². The summed E-state index contributed by atoms with van der Waals surface area (Å²) in [4.78, 5) is 57.6. The molecule has 1 aromatic carbocycles. The molecular formula is C40H50N6O7S. The van der Waals surface area contributed by atoms with E-state index in [9.17, 15) is 14.4 Å². The van der Waals surface area contributed by atoms with E-state index in [4.69, 9.17) is 33.9 Å². The third-order valence-electron chi connectivity index (χ3n) is 11.4. The van der Waals surface area contributed by atoms with E-state index in [0.29, 0.717) is 47.7 Å². The smallest absolute Gasteiger partial charge is 0.408 e. The number of nitrogens with one attached hydrogen (secondary N) is 2. The minimum atomic E-state index is -0.849. The third-order valence-corrected chi connectivity index (χ3v) is 12.2. The molecule has 1 spiro atoms. The molecule has 5 heterocycles. The first kappa shape index (κ1) is 36.5. The van der Waals surface area contributed by atoms with Gasteiger partial charge in [0.15, 0.2) is 10.7 Å². The van der Waals surface area contributed by atoms with Crippen LogP contribution in [-0.4, -0.2) is 88.3 Å². The highest BCUT2D eigenvalue weighted by atomic mass is 32.1. The molecule has 288 valence electrons. The Morgan fingerprint density at radius 2 is 1.76 bits per heavy atom. The Labute approximate surface area is 319 Å². The Hall–Kier alpha value is -4.46. The van der Waals surface area contributed by atoms with Crippen molar-refractivity contribution in [1.82, 2.24) is 20.2 Å². The van der Waals surface area contributed by atoms with Crippen LogP contribution in [0.4, 0.5) is 9.93 Å². The van der Waals surface area contributed by atoms with Crippen molar-refractivity contribution in [1.29, 1.82) is 0 Å². The number of fused-ring (bicyclic) bond motifs is 3. The molecule has 13 nitrogen and oxygen atoms in total. The first-order valence-electron chi connectivity index (χ1n) is 19.7. The van der Waals surface area contributed by atoms with Crippen LogP contribution in [0.2, 0.25) is 0 Å². The van der Waals surface area contributed by atoms with Crippen molar-refractivity contribution in [3.63, 3.8) is 0 Å². The molecule has 14 heteroatoms. The molecular weight excluding hydrogens is 709 g/mol. The van der Waals surface area contributed by atoms with Gasteiger partial charge in [-0.3, -0.25) is 4.79 Å². The topological polar surface area (TPSA) is 154 Å². The molecule has 3 fully saturated rings. The Balaban J connectivity index is 1.11. The second-order valence-corrected chi connectivity index (χ2v) is 16.6. The molecule has 8 rings (SSSR count). The predicted molar refractivity (Wildman–Crippen MR) is 205 cm³/mol. The zero-order valence-corrected chi connectivity index (χ0v) is 32.1. The van der Waals surface area contributed by atoms with Gasteiger partial charge in [0, 0.05) is 35.4 Å². The highest BCUT2D eigenvalue weighted by Gasteiger charge is 2.65. The summed E-state index contributed by atoms with van der Waals surface area (Å²) in [7, 11) is 1.62. The van der Waals surface area contributed by atoms with Gasteiger partial charge < -0.3 is 34.5 Å². The summed E-state index contributed by atoms with van der Waals surface area (Å²) in [5.74, 6) is 1.09. The molecule has 54 heavy (non-hydrogen) atoms. The van der Waals surface area contributed by atoms with E-state index in [1.54, 1.807) is 12.0 Å². The third kappa shape index (κ3) is 7.58. The Kier molecular flexibility index (Phi) is 10.4. The molecule has 2 bridgehead atoms. The van der Waals surface area contributed by atoms with E-state index in [1.165, 1.54) is 11.3 Å². The minimum absolute atomic E-state index is 0.128. The molecule has 5 aliphatic rings. The molecule has 3 aromatic rings. The molecule has 0 radical (unpaired) electrons. The fourth-order valence-electron chi connectivity index (χ4n) is 8.47. The van der Waals surface area contributed by atoms with E-state index < -0.39 is 29.8 Å². The lowest BCUT2D eigenvalue weighted by Gasteiger charge is -2.28. The van der Waals surface area contributed by atoms with Crippen LogP contribution in [0.15, 0.2) is 34.6 Å². The van der Waals surface area contributed by atoms with Gasteiger partial charge in [0.25, 0.3) is 0 Å². The van der Waals surface area contributed by atoms with E-state index in [1.807, 2.05) is 29.6 Å². The van der Waals surface area contributed by atoms with Gasteiger partial charge in [0.1, 0.15) is 41.5 Å². The van der Waals surface area contributed by atoms with Crippen LogP contribution in [0, 0.1) is 5.92 Å². The lowest BCUT2D eigenvalue weighted by Crippen LogP contribution is -2.52. The van der Waals surface area contributed by atoms with Crippen molar-refractivity contribution in [3.05, 3.63) is 29.6 Å². The average molecular weight is 759 g/mol. The lowest BCUT2D eigenvalue weighted by molar-refractivity contribution is -0.138. The number of methoxy groups -OCH3 is 1. The zero-order chi connectivity index (χ0) is 37.4. The van der Waals surface area contributed by atoms with Crippen molar-refractivity contribution in [2.24, 2.45) is 10.9 Å². The van der Waals surface area contributed by atoms with Gasteiger partial charge in [-0.1, -0.05) is 32.1 Å².